The Labute approximate surface area is 107 Å². The third-order valence-electron chi connectivity index (χ3n) is 2.47. The molecule has 0 heterocycles. The van der Waals surface area contributed by atoms with Gasteiger partial charge in [0.2, 0.25) is 0 Å². The van der Waals surface area contributed by atoms with E-state index in [1.54, 1.807) is 32.4 Å². The molecule has 0 fully saturated rings. The number of aliphatic hydroxyl groups excluding tert-OH is 1. The molecule has 0 bridgehead atoms. The maximum atomic E-state index is 10.8. The first-order chi connectivity index (χ1) is 8.56. The Kier molecular flexibility index (Phi) is 5.61. The van der Waals surface area contributed by atoms with Crippen LogP contribution in [-0.4, -0.2) is 38.2 Å². The fraction of sp³-hybridized carbons (Fsp3) is 0.462. The topological polar surface area (TPSA) is 67.8 Å². The summed E-state index contributed by atoms with van der Waals surface area (Å²) >= 11 is 0. The van der Waals surface area contributed by atoms with Crippen molar-refractivity contribution in [2.75, 3.05) is 27.3 Å². The van der Waals surface area contributed by atoms with E-state index in [-0.39, 0.29) is 12.3 Å². The molecule has 0 saturated carbocycles. The van der Waals surface area contributed by atoms with Gasteiger partial charge in [-0.3, -0.25) is 4.79 Å². The molecule has 0 amide bonds. The number of ketones is 1. The lowest BCUT2D eigenvalue weighted by molar-refractivity contribution is -0.116. The molecule has 5 nitrogen and oxygen atoms in total. The van der Waals surface area contributed by atoms with E-state index < -0.39 is 6.10 Å². The highest BCUT2D eigenvalue weighted by molar-refractivity contribution is 5.77. The Morgan fingerprint density at radius 1 is 1.28 bits per heavy atom. The first-order valence-electron chi connectivity index (χ1n) is 5.68. The molecule has 1 unspecified atom stereocenters. The average molecular weight is 253 g/mol. The highest BCUT2D eigenvalue weighted by atomic mass is 16.5. The molecule has 2 N–H and O–H groups in total. The number of nitrogens with one attached hydrogen (secondary N) is 1. The van der Waals surface area contributed by atoms with Crippen LogP contribution in [-0.2, 0) is 4.79 Å². The van der Waals surface area contributed by atoms with Gasteiger partial charge >= 0.3 is 0 Å². The molecule has 1 rings (SSSR count). The molecular weight excluding hydrogens is 234 g/mol. The summed E-state index contributed by atoms with van der Waals surface area (Å²) in [6, 6.07) is 5.21. The van der Waals surface area contributed by atoms with Crippen LogP contribution in [0.15, 0.2) is 18.2 Å². The summed E-state index contributed by atoms with van der Waals surface area (Å²) in [6.07, 6.45) is -0.714. The molecule has 0 saturated heterocycles. The van der Waals surface area contributed by atoms with Crippen molar-refractivity contribution in [3.05, 3.63) is 23.8 Å². The minimum Gasteiger partial charge on any atom is -0.497 e. The number of hydrogen-bond donors (Lipinski definition) is 2. The van der Waals surface area contributed by atoms with Crippen LogP contribution < -0.4 is 14.8 Å². The summed E-state index contributed by atoms with van der Waals surface area (Å²) in [7, 11) is 3.11. The first kappa shape index (κ1) is 14.5. The second-order valence-electron chi connectivity index (χ2n) is 3.99. The zero-order valence-corrected chi connectivity index (χ0v) is 10.9. The number of carbonyl (C=O) groups is 1. The van der Waals surface area contributed by atoms with Crippen LogP contribution in [0.3, 0.4) is 0 Å². The van der Waals surface area contributed by atoms with Crippen LogP contribution in [0.2, 0.25) is 0 Å². The van der Waals surface area contributed by atoms with Gasteiger partial charge in [-0.15, -0.1) is 0 Å². The molecule has 1 aromatic carbocycles. The molecular formula is C13H19NO4. The van der Waals surface area contributed by atoms with E-state index in [0.717, 1.165) is 0 Å². The summed E-state index contributed by atoms with van der Waals surface area (Å²) in [6.45, 7) is 2.04. The van der Waals surface area contributed by atoms with E-state index in [0.29, 0.717) is 23.6 Å². The van der Waals surface area contributed by atoms with E-state index >= 15 is 0 Å². The smallest absolute Gasteiger partial charge is 0.143 e. The highest BCUT2D eigenvalue weighted by Crippen LogP contribution is 2.26. The van der Waals surface area contributed by atoms with Gasteiger partial charge in [0.1, 0.15) is 17.3 Å². The number of ether oxygens (including phenoxy) is 2. The Morgan fingerprint density at radius 2 is 1.83 bits per heavy atom. The van der Waals surface area contributed by atoms with Gasteiger partial charge in [0.15, 0.2) is 0 Å². The summed E-state index contributed by atoms with van der Waals surface area (Å²) in [5.74, 6) is 1.27. The monoisotopic (exact) mass is 253 g/mol. The second kappa shape index (κ2) is 6.98. The van der Waals surface area contributed by atoms with E-state index in [2.05, 4.69) is 5.32 Å². The Hall–Kier alpha value is -1.59. The first-order valence-corrected chi connectivity index (χ1v) is 5.68. The lowest BCUT2D eigenvalue weighted by Gasteiger charge is -2.14. The molecule has 5 heteroatoms. The Balaban J connectivity index is 2.71. The lowest BCUT2D eigenvalue weighted by atomic mass is 10.1. The highest BCUT2D eigenvalue weighted by Gasteiger charge is 2.11. The zero-order valence-electron chi connectivity index (χ0n) is 10.9. The molecule has 0 aromatic heterocycles. The predicted molar refractivity (Wildman–Crippen MR) is 68.1 cm³/mol. The molecule has 18 heavy (non-hydrogen) atoms. The molecule has 0 aliphatic carbocycles. The lowest BCUT2D eigenvalue weighted by Crippen LogP contribution is -2.26. The number of methoxy groups -OCH3 is 2. The van der Waals surface area contributed by atoms with Crippen molar-refractivity contribution in [1.29, 1.82) is 0 Å². The van der Waals surface area contributed by atoms with Crippen molar-refractivity contribution in [1.82, 2.24) is 5.32 Å². The van der Waals surface area contributed by atoms with Crippen LogP contribution >= 0.6 is 0 Å². The predicted octanol–water partition coefficient (Wildman–Crippen LogP) is 0.916. The van der Waals surface area contributed by atoms with Crippen LogP contribution in [0.25, 0.3) is 0 Å². The van der Waals surface area contributed by atoms with Crippen LogP contribution in [0.1, 0.15) is 18.6 Å². The van der Waals surface area contributed by atoms with E-state index in [4.69, 9.17) is 9.47 Å². The number of aliphatic hydroxyl groups is 1. The van der Waals surface area contributed by atoms with Gasteiger partial charge in [-0.05, 0) is 24.6 Å². The molecule has 0 radical (unpaired) electrons. The summed E-state index contributed by atoms with van der Waals surface area (Å²) in [5, 5.41) is 12.9. The van der Waals surface area contributed by atoms with Crippen LogP contribution in [0.4, 0.5) is 0 Å². The van der Waals surface area contributed by atoms with Gasteiger partial charge in [0, 0.05) is 12.6 Å². The van der Waals surface area contributed by atoms with Gasteiger partial charge in [-0.2, -0.15) is 0 Å². The van der Waals surface area contributed by atoms with Gasteiger partial charge in [0.25, 0.3) is 0 Å². The second-order valence-corrected chi connectivity index (χ2v) is 3.99. The van der Waals surface area contributed by atoms with Gasteiger partial charge in [-0.25, -0.2) is 0 Å². The minimum atomic E-state index is -0.714. The summed E-state index contributed by atoms with van der Waals surface area (Å²) in [5.41, 5.74) is 0.683. The van der Waals surface area contributed by atoms with Crippen molar-refractivity contribution >= 4 is 5.78 Å². The van der Waals surface area contributed by atoms with Crippen LogP contribution in [0.5, 0.6) is 11.5 Å². The van der Waals surface area contributed by atoms with Crippen molar-refractivity contribution in [2.24, 2.45) is 0 Å². The SMILES string of the molecule is COc1cc(OC)cc(C(O)CNCC(C)=O)c1. The summed E-state index contributed by atoms with van der Waals surface area (Å²) in [4.78, 5) is 10.8. The molecule has 0 aliphatic rings. The number of carbonyl (C=O) groups excluding carboxylic acids is 1. The quantitative estimate of drug-likeness (QED) is 0.756. The number of benzene rings is 1. The van der Waals surface area contributed by atoms with Crippen LogP contribution in [0, 0.1) is 0 Å². The largest absolute Gasteiger partial charge is 0.497 e. The Bertz CT molecular complexity index is 384. The molecule has 0 aliphatic heterocycles. The maximum Gasteiger partial charge on any atom is 0.143 e. The number of rotatable bonds is 7. The zero-order chi connectivity index (χ0) is 13.5. The normalized spacial score (nSPS) is 12.0. The van der Waals surface area contributed by atoms with E-state index in [1.165, 1.54) is 6.92 Å². The molecule has 100 valence electrons. The van der Waals surface area contributed by atoms with Gasteiger partial charge < -0.3 is 19.9 Å². The summed E-state index contributed by atoms with van der Waals surface area (Å²) < 4.78 is 10.2. The van der Waals surface area contributed by atoms with E-state index in [1.807, 2.05) is 0 Å². The van der Waals surface area contributed by atoms with Crippen molar-refractivity contribution < 1.29 is 19.4 Å². The fourth-order valence-corrected chi connectivity index (χ4v) is 1.52. The maximum absolute atomic E-state index is 10.8. The average Bonchev–Trinajstić information content (AvgIpc) is 2.37. The number of Topliss-reactive ketones (excluding diaryl/α,β-unsaturated/α-hetero) is 1. The fourth-order valence-electron chi connectivity index (χ4n) is 1.52. The number of hydrogen-bond acceptors (Lipinski definition) is 5. The van der Waals surface area contributed by atoms with Gasteiger partial charge in [-0.1, -0.05) is 0 Å². The third-order valence-corrected chi connectivity index (χ3v) is 2.47. The minimum absolute atomic E-state index is 0.0328. The molecule has 1 aromatic rings. The van der Waals surface area contributed by atoms with Crippen molar-refractivity contribution in [2.45, 2.75) is 13.0 Å². The molecule has 1 atom stereocenters. The standard InChI is InChI=1S/C13H19NO4/c1-9(15)7-14-8-13(16)10-4-11(17-2)6-12(5-10)18-3/h4-6,13-14,16H,7-8H2,1-3H3. The third kappa shape index (κ3) is 4.35. The Morgan fingerprint density at radius 3 is 2.28 bits per heavy atom. The van der Waals surface area contributed by atoms with E-state index in [9.17, 15) is 9.90 Å². The van der Waals surface area contributed by atoms with Gasteiger partial charge in [0.05, 0.1) is 26.9 Å². The van der Waals surface area contributed by atoms with Crippen molar-refractivity contribution in [3.63, 3.8) is 0 Å². The van der Waals surface area contributed by atoms with Crippen molar-refractivity contribution in [3.8, 4) is 11.5 Å². The molecule has 0 spiro atoms.